The molecule has 2 fully saturated rings. The van der Waals surface area contributed by atoms with Gasteiger partial charge in [0, 0.05) is 38.6 Å². The quantitative estimate of drug-likeness (QED) is 0.835. The Morgan fingerprint density at radius 2 is 2.00 bits per heavy atom. The van der Waals surface area contributed by atoms with Crippen molar-refractivity contribution in [2.75, 3.05) is 32.7 Å². The standard InChI is InChI=1S/C22H30N4O/c1-2-24-15-20(19-6-4-3-5-7-19)14-22(17-24)8-11-26(12-9-22)21(27)16-25-13-10-23-18-25/h3-7,10,13,18,20H,2,8-9,11-12,14-17H2,1H3/t20-/m1/s1. The first-order valence-corrected chi connectivity index (χ1v) is 10.2. The van der Waals surface area contributed by atoms with Crippen LogP contribution in [0.2, 0.25) is 0 Å². The lowest BCUT2D eigenvalue weighted by Gasteiger charge is -2.50. The highest BCUT2D eigenvalue weighted by molar-refractivity contribution is 5.76. The monoisotopic (exact) mass is 366 g/mol. The van der Waals surface area contributed by atoms with Crippen molar-refractivity contribution in [1.82, 2.24) is 19.4 Å². The van der Waals surface area contributed by atoms with Crippen molar-refractivity contribution in [1.29, 1.82) is 0 Å². The van der Waals surface area contributed by atoms with Gasteiger partial charge in [-0.05, 0) is 42.7 Å². The third kappa shape index (κ3) is 4.08. The van der Waals surface area contributed by atoms with E-state index in [0.717, 1.165) is 39.0 Å². The summed E-state index contributed by atoms with van der Waals surface area (Å²) in [7, 11) is 0. The Morgan fingerprint density at radius 1 is 1.22 bits per heavy atom. The Morgan fingerprint density at radius 3 is 2.67 bits per heavy atom. The first kappa shape index (κ1) is 18.2. The normalized spacial score (nSPS) is 22.9. The Hall–Kier alpha value is -2.14. The molecule has 1 amide bonds. The summed E-state index contributed by atoms with van der Waals surface area (Å²) in [5.41, 5.74) is 1.81. The fourth-order valence-corrected chi connectivity index (χ4v) is 4.92. The summed E-state index contributed by atoms with van der Waals surface area (Å²) < 4.78 is 1.86. The molecule has 144 valence electrons. The van der Waals surface area contributed by atoms with Crippen LogP contribution >= 0.6 is 0 Å². The molecule has 0 saturated carbocycles. The summed E-state index contributed by atoms with van der Waals surface area (Å²) >= 11 is 0. The third-order valence-corrected chi connectivity index (χ3v) is 6.49. The Kier molecular flexibility index (Phi) is 5.30. The van der Waals surface area contributed by atoms with Gasteiger partial charge in [0.25, 0.3) is 0 Å². The number of likely N-dealkylation sites (N-methyl/N-ethyl adjacent to an activating group) is 1. The molecule has 0 radical (unpaired) electrons. The van der Waals surface area contributed by atoms with E-state index >= 15 is 0 Å². The molecule has 0 bridgehead atoms. The maximum absolute atomic E-state index is 12.6. The van der Waals surface area contributed by atoms with Crippen LogP contribution in [0.25, 0.3) is 0 Å². The molecule has 3 heterocycles. The van der Waals surface area contributed by atoms with Gasteiger partial charge in [-0.15, -0.1) is 0 Å². The second-order valence-corrected chi connectivity index (χ2v) is 8.26. The number of imidazole rings is 1. The average Bonchev–Trinajstić information content (AvgIpc) is 3.22. The van der Waals surface area contributed by atoms with Gasteiger partial charge in [0.05, 0.1) is 6.33 Å². The number of benzene rings is 1. The van der Waals surface area contributed by atoms with Crippen LogP contribution in [0.15, 0.2) is 49.1 Å². The maximum Gasteiger partial charge on any atom is 0.242 e. The summed E-state index contributed by atoms with van der Waals surface area (Å²) in [5.74, 6) is 0.818. The molecule has 5 heteroatoms. The number of likely N-dealkylation sites (tertiary alicyclic amines) is 2. The highest BCUT2D eigenvalue weighted by atomic mass is 16.2. The van der Waals surface area contributed by atoms with E-state index in [2.05, 4.69) is 47.1 Å². The van der Waals surface area contributed by atoms with E-state index in [1.807, 2.05) is 15.7 Å². The van der Waals surface area contributed by atoms with Crippen molar-refractivity contribution >= 4 is 5.91 Å². The molecule has 2 aliphatic rings. The molecule has 2 saturated heterocycles. The van der Waals surface area contributed by atoms with E-state index < -0.39 is 0 Å². The van der Waals surface area contributed by atoms with Crippen LogP contribution in [0, 0.1) is 5.41 Å². The molecular weight excluding hydrogens is 336 g/mol. The molecular formula is C22H30N4O. The van der Waals surface area contributed by atoms with Gasteiger partial charge < -0.3 is 14.4 Å². The van der Waals surface area contributed by atoms with Crippen LogP contribution in [0.1, 0.15) is 37.7 Å². The van der Waals surface area contributed by atoms with E-state index in [9.17, 15) is 4.79 Å². The first-order valence-electron chi connectivity index (χ1n) is 10.2. The van der Waals surface area contributed by atoms with Crippen LogP contribution in [0.4, 0.5) is 0 Å². The van der Waals surface area contributed by atoms with E-state index in [0.29, 0.717) is 17.9 Å². The molecule has 2 aromatic rings. The number of nitrogens with zero attached hydrogens (tertiary/aromatic N) is 4. The number of amides is 1. The predicted molar refractivity (Wildman–Crippen MR) is 106 cm³/mol. The molecule has 4 rings (SSSR count). The number of hydrogen-bond donors (Lipinski definition) is 0. The molecule has 1 aromatic carbocycles. The number of carbonyl (C=O) groups is 1. The van der Waals surface area contributed by atoms with Gasteiger partial charge in [-0.1, -0.05) is 37.3 Å². The predicted octanol–water partition coefficient (Wildman–Crippen LogP) is 3.00. The summed E-state index contributed by atoms with van der Waals surface area (Å²) in [6.45, 7) is 7.88. The number of piperidine rings is 2. The molecule has 0 unspecified atom stereocenters. The molecule has 0 aliphatic carbocycles. The molecule has 1 spiro atoms. The summed E-state index contributed by atoms with van der Waals surface area (Å²) in [6, 6.07) is 11.0. The second kappa shape index (κ2) is 7.85. The van der Waals surface area contributed by atoms with E-state index in [-0.39, 0.29) is 5.91 Å². The second-order valence-electron chi connectivity index (χ2n) is 8.26. The fourth-order valence-electron chi connectivity index (χ4n) is 4.92. The van der Waals surface area contributed by atoms with Crippen molar-refractivity contribution in [3.63, 3.8) is 0 Å². The van der Waals surface area contributed by atoms with Crippen molar-refractivity contribution in [2.24, 2.45) is 5.41 Å². The summed E-state index contributed by atoms with van der Waals surface area (Å²) in [4.78, 5) is 21.3. The van der Waals surface area contributed by atoms with Crippen molar-refractivity contribution < 1.29 is 4.79 Å². The van der Waals surface area contributed by atoms with E-state index in [4.69, 9.17) is 0 Å². The average molecular weight is 367 g/mol. The Labute approximate surface area is 162 Å². The number of aromatic nitrogens is 2. The Bertz CT molecular complexity index is 735. The molecule has 5 nitrogen and oxygen atoms in total. The van der Waals surface area contributed by atoms with Gasteiger partial charge in [0.2, 0.25) is 5.91 Å². The topological polar surface area (TPSA) is 41.4 Å². The van der Waals surface area contributed by atoms with Crippen molar-refractivity contribution in [3.05, 3.63) is 54.6 Å². The van der Waals surface area contributed by atoms with Crippen LogP contribution in [-0.2, 0) is 11.3 Å². The lowest BCUT2D eigenvalue weighted by atomic mass is 9.68. The summed E-state index contributed by atoms with van der Waals surface area (Å²) in [6.07, 6.45) is 8.77. The molecule has 1 atom stereocenters. The van der Waals surface area contributed by atoms with Gasteiger partial charge >= 0.3 is 0 Å². The third-order valence-electron chi connectivity index (χ3n) is 6.49. The van der Waals surface area contributed by atoms with Crippen LogP contribution in [-0.4, -0.2) is 58.0 Å². The number of hydrogen-bond acceptors (Lipinski definition) is 3. The highest BCUT2D eigenvalue weighted by Crippen LogP contribution is 2.45. The lowest BCUT2D eigenvalue weighted by Crippen LogP contribution is -2.52. The maximum atomic E-state index is 12.6. The van der Waals surface area contributed by atoms with Crippen LogP contribution in [0.5, 0.6) is 0 Å². The minimum atomic E-state index is 0.214. The lowest BCUT2D eigenvalue weighted by molar-refractivity contribution is -0.135. The smallest absolute Gasteiger partial charge is 0.242 e. The highest BCUT2D eigenvalue weighted by Gasteiger charge is 2.42. The fraction of sp³-hybridized carbons (Fsp3) is 0.545. The molecule has 0 N–H and O–H groups in total. The van der Waals surface area contributed by atoms with Crippen molar-refractivity contribution in [2.45, 2.75) is 38.6 Å². The van der Waals surface area contributed by atoms with Gasteiger partial charge in [-0.3, -0.25) is 4.79 Å². The molecule has 1 aromatic heterocycles. The number of carbonyl (C=O) groups excluding carboxylic acids is 1. The SMILES string of the molecule is CCN1C[C@H](c2ccccc2)CC2(CCN(C(=O)Cn3ccnc3)CC2)C1. The van der Waals surface area contributed by atoms with Crippen molar-refractivity contribution in [3.8, 4) is 0 Å². The largest absolute Gasteiger partial charge is 0.341 e. The van der Waals surface area contributed by atoms with Gasteiger partial charge in [-0.2, -0.15) is 0 Å². The van der Waals surface area contributed by atoms with Gasteiger partial charge in [0.15, 0.2) is 0 Å². The van der Waals surface area contributed by atoms with Gasteiger partial charge in [-0.25, -0.2) is 4.98 Å². The minimum Gasteiger partial charge on any atom is -0.341 e. The zero-order valence-electron chi connectivity index (χ0n) is 16.3. The zero-order chi connectivity index (χ0) is 18.7. The molecule has 2 aliphatic heterocycles. The molecule has 27 heavy (non-hydrogen) atoms. The van der Waals surface area contributed by atoms with E-state index in [1.54, 1.807) is 12.5 Å². The Balaban J connectivity index is 1.41. The van der Waals surface area contributed by atoms with Crippen LogP contribution < -0.4 is 0 Å². The minimum absolute atomic E-state index is 0.214. The zero-order valence-corrected chi connectivity index (χ0v) is 16.3. The number of rotatable bonds is 4. The first-order chi connectivity index (χ1) is 13.2. The van der Waals surface area contributed by atoms with E-state index in [1.165, 1.54) is 18.5 Å². The summed E-state index contributed by atoms with van der Waals surface area (Å²) in [5, 5.41) is 0. The van der Waals surface area contributed by atoms with Gasteiger partial charge in [0.1, 0.15) is 6.54 Å². The van der Waals surface area contributed by atoms with Crippen LogP contribution in [0.3, 0.4) is 0 Å².